The molecular formula is C10H20O2. The van der Waals surface area contributed by atoms with Crippen LogP contribution < -0.4 is 0 Å². The third-order valence-corrected chi connectivity index (χ3v) is 2.51. The molecule has 2 heteroatoms. The highest BCUT2D eigenvalue weighted by Crippen LogP contribution is 2.24. The van der Waals surface area contributed by atoms with Crippen LogP contribution in [0.3, 0.4) is 0 Å². The molecule has 0 radical (unpaired) electrons. The predicted octanol–water partition coefficient (Wildman–Crippen LogP) is 2.42. The zero-order valence-corrected chi connectivity index (χ0v) is 8.81. The first-order valence-corrected chi connectivity index (χ1v) is 4.63. The Morgan fingerprint density at radius 1 is 1.33 bits per heavy atom. The standard InChI is InChI=1S/C10H20O2/c1-6-10(7-2,12-5)9(11)8(3)4/h8H,6-7H2,1-5H3. The van der Waals surface area contributed by atoms with Gasteiger partial charge >= 0.3 is 0 Å². The summed E-state index contributed by atoms with van der Waals surface area (Å²) < 4.78 is 5.31. The number of Topliss-reactive ketones (excluding diaryl/α,β-unsaturated/α-hetero) is 1. The van der Waals surface area contributed by atoms with Gasteiger partial charge in [0.25, 0.3) is 0 Å². The highest BCUT2D eigenvalue weighted by atomic mass is 16.5. The Labute approximate surface area is 75.3 Å². The maximum atomic E-state index is 11.7. The molecule has 0 aliphatic rings. The molecule has 0 saturated carbocycles. The Kier molecular flexibility index (Phi) is 4.46. The second kappa shape index (κ2) is 4.61. The van der Waals surface area contributed by atoms with Crippen molar-refractivity contribution in [3.8, 4) is 0 Å². The average Bonchev–Trinajstić information content (AvgIpc) is 2.08. The molecule has 12 heavy (non-hydrogen) atoms. The molecule has 0 aromatic rings. The quantitative estimate of drug-likeness (QED) is 0.636. The topological polar surface area (TPSA) is 26.3 Å². The number of carbonyl (C=O) groups excluding carboxylic acids is 1. The van der Waals surface area contributed by atoms with Crippen molar-refractivity contribution in [2.45, 2.75) is 46.1 Å². The molecule has 0 rings (SSSR count). The second-order valence-corrected chi connectivity index (χ2v) is 3.42. The summed E-state index contributed by atoms with van der Waals surface area (Å²) in [4.78, 5) is 11.7. The van der Waals surface area contributed by atoms with Crippen molar-refractivity contribution >= 4 is 5.78 Å². The molecule has 72 valence electrons. The third-order valence-electron chi connectivity index (χ3n) is 2.51. The Hall–Kier alpha value is -0.370. The minimum Gasteiger partial charge on any atom is -0.370 e. The molecule has 2 nitrogen and oxygen atoms in total. The van der Waals surface area contributed by atoms with Gasteiger partial charge in [-0.25, -0.2) is 0 Å². The van der Waals surface area contributed by atoms with E-state index in [2.05, 4.69) is 0 Å². The number of ether oxygens (including phenoxy) is 1. The van der Waals surface area contributed by atoms with E-state index in [0.717, 1.165) is 12.8 Å². The Bertz CT molecular complexity index is 138. The molecule has 0 aliphatic heterocycles. The van der Waals surface area contributed by atoms with E-state index in [4.69, 9.17) is 4.74 Å². The van der Waals surface area contributed by atoms with Crippen molar-refractivity contribution in [3.05, 3.63) is 0 Å². The minimum atomic E-state index is -0.534. The molecule has 0 atom stereocenters. The van der Waals surface area contributed by atoms with Crippen molar-refractivity contribution in [2.24, 2.45) is 5.92 Å². The van der Waals surface area contributed by atoms with Crippen molar-refractivity contribution in [1.29, 1.82) is 0 Å². The smallest absolute Gasteiger partial charge is 0.167 e. The van der Waals surface area contributed by atoms with Crippen LogP contribution in [0.2, 0.25) is 0 Å². The maximum Gasteiger partial charge on any atom is 0.167 e. The number of methoxy groups -OCH3 is 1. The second-order valence-electron chi connectivity index (χ2n) is 3.42. The SMILES string of the molecule is CCC(CC)(OC)C(=O)C(C)C. The lowest BCUT2D eigenvalue weighted by molar-refractivity contribution is -0.145. The van der Waals surface area contributed by atoms with E-state index < -0.39 is 5.60 Å². The van der Waals surface area contributed by atoms with E-state index in [1.54, 1.807) is 7.11 Å². The highest BCUT2D eigenvalue weighted by Gasteiger charge is 2.35. The molecule has 0 aromatic heterocycles. The van der Waals surface area contributed by atoms with Crippen molar-refractivity contribution in [3.63, 3.8) is 0 Å². The first-order chi connectivity index (χ1) is 5.54. The fourth-order valence-corrected chi connectivity index (χ4v) is 1.51. The Morgan fingerprint density at radius 2 is 1.75 bits per heavy atom. The van der Waals surface area contributed by atoms with E-state index in [-0.39, 0.29) is 11.7 Å². The van der Waals surface area contributed by atoms with Crippen LogP contribution in [-0.2, 0) is 9.53 Å². The largest absolute Gasteiger partial charge is 0.370 e. The molecule has 0 heterocycles. The molecular weight excluding hydrogens is 152 g/mol. The van der Waals surface area contributed by atoms with E-state index in [1.807, 2.05) is 27.7 Å². The Morgan fingerprint density at radius 3 is 1.83 bits per heavy atom. The van der Waals surface area contributed by atoms with E-state index in [0.29, 0.717) is 0 Å². The van der Waals surface area contributed by atoms with Gasteiger partial charge in [-0.15, -0.1) is 0 Å². The summed E-state index contributed by atoms with van der Waals surface area (Å²) in [5, 5.41) is 0. The van der Waals surface area contributed by atoms with Crippen LogP contribution >= 0.6 is 0 Å². The summed E-state index contributed by atoms with van der Waals surface area (Å²) in [5.74, 6) is 0.278. The summed E-state index contributed by atoms with van der Waals surface area (Å²) in [7, 11) is 1.62. The minimum absolute atomic E-state index is 0.0600. The molecule has 0 amide bonds. The van der Waals surface area contributed by atoms with Crippen LogP contribution in [0.15, 0.2) is 0 Å². The van der Waals surface area contributed by atoms with Gasteiger partial charge in [0.15, 0.2) is 5.78 Å². The third kappa shape index (κ3) is 2.07. The number of carbonyl (C=O) groups is 1. The number of hydrogen-bond donors (Lipinski definition) is 0. The van der Waals surface area contributed by atoms with Gasteiger partial charge in [0, 0.05) is 13.0 Å². The van der Waals surface area contributed by atoms with Gasteiger partial charge in [0.05, 0.1) is 0 Å². The first kappa shape index (κ1) is 11.6. The highest BCUT2D eigenvalue weighted by molar-refractivity contribution is 5.88. The zero-order chi connectivity index (χ0) is 9.78. The van der Waals surface area contributed by atoms with E-state index in [1.165, 1.54) is 0 Å². The van der Waals surface area contributed by atoms with Crippen LogP contribution in [-0.4, -0.2) is 18.5 Å². The van der Waals surface area contributed by atoms with Gasteiger partial charge < -0.3 is 4.74 Å². The zero-order valence-electron chi connectivity index (χ0n) is 8.81. The van der Waals surface area contributed by atoms with Gasteiger partial charge in [0.2, 0.25) is 0 Å². The molecule has 0 spiro atoms. The molecule has 0 aliphatic carbocycles. The normalized spacial score (nSPS) is 12.2. The molecule has 0 aromatic carbocycles. The maximum absolute atomic E-state index is 11.7. The summed E-state index contributed by atoms with van der Waals surface area (Å²) in [6.07, 6.45) is 1.52. The molecule has 0 unspecified atom stereocenters. The Balaban J connectivity index is 4.59. The fraction of sp³-hybridized carbons (Fsp3) is 0.900. The molecule has 0 bridgehead atoms. The lowest BCUT2D eigenvalue weighted by Crippen LogP contribution is -2.42. The average molecular weight is 172 g/mol. The molecule has 0 N–H and O–H groups in total. The van der Waals surface area contributed by atoms with Crippen molar-refractivity contribution in [2.75, 3.05) is 7.11 Å². The van der Waals surface area contributed by atoms with Crippen molar-refractivity contribution < 1.29 is 9.53 Å². The van der Waals surface area contributed by atoms with E-state index >= 15 is 0 Å². The monoisotopic (exact) mass is 172 g/mol. The van der Waals surface area contributed by atoms with Crippen LogP contribution in [0.25, 0.3) is 0 Å². The summed E-state index contributed by atoms with van der Waals surface area (Å²) in [6, 6.07) is 0. The summed E-state index contributed by atoms with van der Waals surface area (Å²) in [5.41, 5.74) is -0.534. The summed E-state index contributed by atoms with van der Waals surface area (Å²) in [6.45, 7) is 7.82. The van der Waals surface area contributed by atoms with Crippen molar-refractivity contribution in [1.82, 2.24) is 0 Å². The van der Waals surface area contributed by atoms with Gasteiger partial charge in [0.1, 0.15) is 5.60 Å². The number of rotatable bonds is 5. The lowest BCUT2D eigenvalue weighted by atomic mass is 9.86. The fourth-order valence-electron chi connectivity index (χ4n) is 1.51. The van der Waals surface area contributed by atoms with Gasteiger partial charge in [-0.2, -0.15) is 0 Å². The van der Waals surface area contributed by atoms with Crippen LogP contribution in [0.4, 0.5) is 0 Å². The first-order valence-electron chi connectivity index (χ1n) is 4.63. The molecule has 0 fully saturated rings. The van der Waals surface area contributed by atoms with E-state index in [9.17, 15) is 4.79 Å². The number of ketones is 1. The van der Waals surface area contributed by atoms with Crippen LogP contribution in [0.5, 0.6) is 0 Å². The number of hydrogen-bond acceptors (Lipinski definition) is 2. The predicted molar refractivity (Wildman–Crippen MR) is 50.2 cm³/mol. The van der Waals surface area contributed by atoms with Gasteiger partial charge in [-0.05, 0) is 12.8 Å². The lowest BCUT2D eigenvalue weighted by Gasteiger charge is -2.30. The van der Waals surface area contributed by atoms with Gasteiger partial charge in [-0.1, -0.05) is 27.7 Å². The molecule has 0 saturated heterocycles. The summed E-state index contributed by atoms with van der Waals surface area (Å²) >= 11 is 0. The van der Waals surface area contributed by atoms with Crippen LogP contribution in [0.1, 0.15) is 40.5 Å². The van der Waals surface area contributed by atoms with Crippen LogP contribution in [0, 0.1) is 5.92 Å². The van der Waals surface area contributed by atoms with Gasteiger partial charge in [-0.3, -0.25) is 4.79 Å².